The molecule has 0 unspecified atom stereocenters. The van der Waals surface area contributed by atoms with Crippen molar-refractivity contribution in [3.8, 4) is 0 Å². The second-order valence-corrected chi connectivity index (χ2v) is 4.75. The quantitative estimate of drug-likeness (QED) is 0.452. The lowest BCUT2D eigenvalue weighted by atomic mass is 10.2. The number of hydrogen-bond donors (Lipinski definition) is 2. The van der Waals surface area contributed by atoms with E-state index in [0.717, 1.165) is 24.2 Å². The molecule has 0 saturated carbocycles. The summed E-state index contributed by atoms with van der Waals surface area (Å²) >= 11 is 0. The van der Waals surface area contributed by atoms with Gasteiger partial charge in [-0.05, 0) is 12.8 Å². The smallest absolute Gasteiger partial charge is 0.253 e. The molecule has 1 aliphatic heterocycles. The van der Waals surface area contributed by atoms with Crippen LogP contribution in [0.2, 0.25) is 0 Å². The molecule has 0 radical (unpaired) electrons. The van der Waals surface area contributed by atoms with Crippen LogP contribution < -0.4 is 10.6 Å². The van der Waals surface area contributed by atoms with Crippen LogP contribution in [-0.4, -0.2) is 48.7 Å². The Bertz CT molecular complexity index is 428. The third-order valence-electron chi connectivity index (χ3n) is 3.14. The lowest BCUT2D eigenvalue weighted by molar-refractivity contribution is -0.137. The van der Waals surface area contributed by atoms with Crippen LogP contribution in [0, 0.1) is 0 Å². The maximum atomic E-state index is 11.6. The lowest BCUT2D eigenvalue weighted by Gasteiger charge is -2.13. The summed E-state index contributed by atoms with van der Waals surface area (Å²) in [6.07, 6.45) is 5.46. The monoisotopic (exact) mass is 295 g/mol. The van der Waals surface area contributed by atoms with E-state index in [4.69, 9.17) is 0 Å². The number of amides is 4. The zero-order valence-electron chi connectivity index (χ0n) is 12.2. The van der Waals surface area contributed by atoms with Crippen molar-refractivity contribution in [3.05, 3.63) is 12.2 Å². The van der Waals surface area contributed by atoms with Crippen LogP contribution in [0.15, 0.2) is 12.2 Å². The number of carbonyl (C=O) groups excluding carboxylic acids is 4. The Labute approximate surface area is 123 Å². The number of nitrogens with zero attached hydrogens (tertiary/aromatic N) is 1. The van der Waals surface area contributed by atoms with Gasteiger partial charge in [0.25, 0.3) is 11.8 Å². The second-order valence-electron chi connectivity index (χ2n) is 4.75. The van der Waals surface area contributed by atoms with Gasteiger partial charge in [0.15, 0.2) is 0 Å². The average molecular weight is 295 g/mol. The highest BCUT2D eigenvalue weighted by Crippen LogP contribution is 2.04. The number of imide groups is 1. The summed E-state index contributed by atoms with van der Waals surface area (Å²) in [4.78, 5) is 46.1. The summed E-state index contributed by atoms with van der Waals surface area (Å²) in [7, 11) is 1.61. The van der Waals surface area contributed by atoms with Crippen LogP contribution in [-0.2, 0) is 19.2 Å². The van der Waals surface area contributed by atoms with Crippen molar-refractivity contribution in [2.75, 3.05) is 20.1 Å². The first-order valence-corrected chi connectivity index (χ1v) is 7.05. The second kappa shape index (κ2) is 8.89. The summed E-state index contributed by atoms with van der Waals surface area (Å²) in [6.45, 7) is 0.639. The van der Waals surface area contributed by atoms with Crippen molar-refractivity contribution in [3.63, 3.8) is 0 Å². The molecular formula is C14H21N3O4. The van der Waals surface area contributed by atoms with Crippen molar-refractivity contribution in [1.29, 1.82) is 0 Å². The van der Waals surface area contributed by atoms with Crippen LogP contribution in [0.3, 0.4) is 0 Å². The minimum absolute atomic E-state index is 0.0209. The Hall–Kier alpha value is -2.18. The van der Waals surface area contributed by atoms with E-state index in [0.29, 0.717) is 13.0 Å². The number of unbranched alkanes of at least 4 members (excludes halogenated alkanes) is 2. The molecule has 0 aromatic carbocycles. The minimum Gasteiger partial charge on any atom is -0.359 e. The SMILES string of the molecule is CNC(=O)CCCCCNC(=O)CCN1C(=O)C=CC1=O. The fourth-order valence-electron chi connectivity index (χ4n) is 1.89. The first-order valence-electron chi connectivity index (χ1n) is 7.05. The van der Waals surface area contributed by atoms with Gasteiger partial charge in [0.05, 0.1) is 0 Å². The molecule has 1 heterocycles. The molecule has 1 rings (SSSR count). The van der Waals surface area contributed by atoms with Crippen molar-refractivity contribution in [2.24, 2.45) is 0 Å². The highest BCUT2D eigenvalue weighted by molar-refractivity contribution is 6.13. The van der Waals surface area contributed by atoms with Gasteiger partial charge in [-0.25, -0.2) is 0 Å². The molecule has 116 valence electrons. The predicted octanol–water partition coefficient (Wildman–Crippen LogP) is -0.276. The number of carbonyl (C=O) groups is 4. The van der Waals surface area contributed by atoms with Crippen LogP contribution in [0.1, 0.15) is 32.1 Å². The van der Waals surface area contributed by atoms with Gasteiger partial charge in [0.2, 0.25) is 11.8 Å². The molecule has 4 amide bonds. The molecule has 0 saturated heterocycles. The molecule has 1 aliphatic rings. The largest absolute Gasteiger partial charge is 0.359 e. The molecule has 0 fully saturated rings. The Kier molecular flexibility index (Phi) is 7.14. The zero-order valence-corrected chi connectivity index (χ0v) is 12.2. The van der Waals surface area contributed by atoms with Crippen LogP contribution >= 0.6 is 0 Å². The van der Waals surface area contributed by atoms with E-state index < -0.39 is 0 Å². The molecule has 0 atom stereocenters. The van der Waals surface area contributed by atoms with Crippen molar-refractivity contribution in [2.45, 2.75) is 32.1 Å². The van der Waals surface area contributed by atoms with Crippen molar-refractivity contribution >= 4 is 23.6 Å². The van der Waals surface area contributed by atoms with E-state index in [1.54, 1.807) is 7.05 Å². The van der Waals surface area contributed by atoms with E-state index in [2.05, 4.69) is 10.6 Å². The number of nitrogens with one attached hydrogen (secondary N) is 2. The first kappa shape index (κ1) is 16.9. The van der Waals surface area contributed by atoms with Gasteiger partial charge >= 0.3 is 0 Å². The van der Waals surface area contributed by atoms with E-state index in [1.807, 2.05) is 0 Å². The van der Waals surface area contributed by atoms with Gasteiger partial charge in [-0.2, -0.15) is 0 Å². The zero-order chi connectivity index (χ0) is 15.7. The standard InChI is InChI=1S/C14H21N3O4/c1-15-11(18)5-3-2-4-9-16-12(19)8-10-17-13(20)6-7-14(17)21/h6-7H,2-5,8-10H2,1H3,(H,15,18)(H,16,19). The van der Waals surface area contributed by atoms with Crippen molar-refractivity contribution < 1.29 is 19.2 Å². The molecule has 2 N–H and O–H groups in total. The number of rotatable bonds is 9. The molecule has 0 bridgehead atoms. The molecule has 0 aliphatic carbocycles. The predicted molar refractivity (Wildman–Crippen MR) is 76.0 cm³/mol. The van der Waals surface area contributed by atoms with Gasteiger partial charge in [-0.15, -0.1) is 0 Å². The normalized spacial score (nSPS) is 13.7. The molecule has 7 heteroatoms. The van der Waals surface area contributed by atoms with E-state index in [1.165, 1.54) is 12.2 Å². The molecule has 0 spiro atoms. The Balaban J connectivity index is 2.03. The molecular weight excluding hydrogens is 274 g/mol. The Morgan fingerprint density at radius 3 is 2.29 bits per heavy atom. The Morgan fingerprint density at radius 2 is 1.67 bits per heavy atom. The fraction of sp³-hybridized carbons (Fsp3) is 0.571. The van der Waals surface area contributed by atoms with E-state index in [-0.39, 0.29) is 36.6 Å². The van der Waals surface area contributed by atoms with Gasteiger partial charge in [-0.3, -0.25) is 24.1 Å². The van der Waals surface area contributed by atoms with Gasteiger partial charge < -0.3 is 10.6 Å². The van der Waals surface area contributed by atoms with Crippen LogP contribution in [0.4, 0.5) is 0 Å². The summed E-state index contributed by atoms with van der Waals surface area (Å²) < 4.78 is 0. The molecule has 0 aromatic rings. The lowest BCUT2D eigenvalue weighted by Crippen LogP contribution is -2.34. The minimum atomic E-state index is -0.373. The summed E-state index contributed by atoms with van der Waals surface area (Å²) in [6, 6.07) is 0. The third-order valence-corrected chi connectivity index (χ3v) is 3.14. The van der Waals surface area contributed by atoms with Gasteiger partial charge in [0, 0.05) is 45.1 Å². The van der Waals surface area contributed by atoms with Gasteiger partial charge in [0.1, 0.15) is 0 Å². The maximum Gasteiger partial charge on any atom is 0.253 e. The third kappa shape index (κ3) is 6.20. The summed E-state index contributed by atoms with van der Waals surface area (Å²) in [5.74, 6) is -0.912. The molecule has 7 nitrogen and oxygen atoms in total. The topological polar surface area (TPSA) is 95.6 Å². The van der Waals surface area contributed by atoms with Crippen LogP contribution in [0.5, 0.6) is 0 Å². The van der Waals surface area contributed by atoms with Gasteiger partial charge in [-0.1, -0.05) is 6.42 Å². The van der Waals surface area contributed by atoms with E-state index >= 15 is 0 Å². The maximum absolute atomic E-state index is 11.6. The average Bonchev–Trinajstić information content (AvgIpc) is 2.79. The highest BCUT2D eigenvalue weighted by atomic mass is 16.2. The first-order chi connectivity index (χ1) is 10.0. The number of hydrogen-bond acceptors (Lipinski definition) is 4. The summed E-state index contributed by atoms with van der Waals surface area (Å²) in [5, 5.41) is 5.28. The fourth-order valence-corrected chi connectivity index (χ4v) is 1.89. The van der Waals surface area contributed by atoms with Crippen LogP contribution in [0.25, 0.3) is 0 Å². The molecule has 21 heavy (non-hydrogen) atoms. The highest BCUT2D eigenvalue weighted by Gasteiger charge is 2.23. The summed E-state index contributed by atoms with van der Waals surface area (Å²) in [5.41, 5.74) is 0. The van der Waals surface area contributed by atoms with E-state index in [9.17, 15) is 19.2 Å². The van der Waals surface area contributed by atoms with Crippen molar-refractivity contribution in [1.82, 2.24) is 15.5 Å². The Morgan fingerprint density at radius 1 is 1.00 bits per heavy atom. The molecule has 0 aromatic heterocycles.